The van der Waals surface area contributed by atoms with Gasteiger partial charge < -0.3 is 5.11 Å². The maximum atomic E-state index is 12.6. The molecule has 0 unspecified atom stereocenters. The van der Waals surface area contributed by atoms with Crippen LogP contribution in [0.3, 0.4) is 0 Å². The van der Waals surface area contributed by atoms with Crippen LogP contribution in [0.2, 0.25) is 0 Å². The molecule has 0 aromatic carbocycles. The Morgan fingerprint density at radius 3 is 2.47 bits per heavy atom. The minimum absolute atomic E-state index is 0.200. The normalized spacial score (nSPS) is 20.8. The topological polar surface area (TPSA) is 83.5 Å². The Bertz CT molecular complexity index is 416. The molecule has 1 aliphatic rings. The van der Waals surface area contributed by atoms with Crippen LogP contribution < -0.4 is 4.72 Å². The Balaban J connectivity index is 2.50. The van der Waals surface area contributed by atoms with Gasteiger partial charge in [-0.1, -0.05) is 19.8 Å². The van der Waals surface area contributed by atoms with Crippen LogP contribution >= 0.6 is 0 Å². The molecule has 1 fully saturated rings. The van der Waals surface area contributed by atoms with E-state index in [4.69, 9.17) is 5.11 Å². The third-order valence-corrected chi connectivity index (χ3v) is 4.65. The van der Waals surface area contributed by atoms with Crippen LogP contribution in [0.5, 0.6) is 0 Å². The Kier molecular flexibility index (Phi) is 5.26. The third-order valence-electron chi connectivity index (χ3n) is 3.10. The Hall–Kier alpha value is -0.760. The van der Waals surface area contributed by atoms with Crippen molar-refractivity contribution in [3.8, 4) is 0 Å². The van der Waals surface area contributed by atoms with E-state index < -0.39 is 52.5 Å². The van der Waals surface area contributed by atoms with Gasteiger partial charge in [-0.05, 0) is 12.3 Å². The number of alkyl halides is 2. The average molecular weight is 299 g/mol. The maximum Gasteiger partial charge on any atom is 0.321 e. The molecular formula is C11H19F2NO4S. The van der Waals surface area contributed by atoms with Crippen molar-refractivity contribution in [3.63, 3.8) is 0 Å². The summed E-state index contributed by atoms with van der Waals surface area (Å²) in [7, 11) is -3.83. The van der Waals surface area contributed by atoms with E-state index >= 15 is 0 Å². The number of sulfonamides is 1. The van der Waals surface area contributed by atoms with Gasteiger partial charge in [-0.25, -0.2) is 21.9 Å². The van der Waals surface area contributed by atoms with E-state index in [0.29, 0.717) is 6.42 Å². The van der Waals surface area contributed by atoms with Crippen LogP contribution in [0.4, 0.5) is 8.78 Å². The Morgan fingerprint density at radius 2 is 2.05 bits per heavy atom. The summed E-state index contributed by atoms with van der Waals surface area (Å²) in [6.07, 6.45) is 0.647. The standard InChI is InChI=1S/C11H19F2NO4S/c1-2-3-4-9(10(15)16)14-19(17,18)7-8-5-11(12,13)6-8/h8-9,14H,2-7H2,1H3,(H,15,16)/t9-/m0/s1. The van der Waals surface area contributed by atoms with Gasteiger partial charge in [-0.2, -0.15) is 0 Å². The molecule has 1 saturated carbocycles. The van der Waals surface area contributed by atoms with Crippen molar-refractivity contribution in [2.75, 3.05) is 5.75 Å². The summed E-state index contributed by atoms with van der Waals surface area (Å²) in [6, 6.07) is -1.18. The lowest BCUT2D eigenvalue weighted by atomic mass is 9.83. The number of carbonyl (C=O) groups is 1. The fraction of sp³-hybridized carbons (Fsp3) is 0.909. The molecule has 0 saturated heterocycles. The zero-order valence-electron chi connectivity index (χ0n) is 10.7. The van der Waals surface area contributed by atoms with Crippen molar-refractivity contribution < 1.29 is 27.1 Å². The van der Waals surface area contributed by atoms with E-state index in [9.17, 15) is 22.0 Å². The molecule has 2 N–H and O–H groups in total. The molecule has 0 amide bonds. The number of unbranched alkanes of at least 4 members (excludes halogenated alkanes) is 1. The fourth-order valence-corrected chi connectivity index (χ4v) is 3.72. The molecule has 0 aromatic rings. The predicted molar refractivity (Wildman–Crippen MR) is 65.5 cm³/mol. The molecule has 112 valence electrons. The zero-order valence-corrected chi connectivity index (χ0v) is 11.5. The molecule has 1 atom stereocenters. The average Bonchev–Trinajstić information content (AvgIpc) is 2.20. The summed E-state index contributed by atoms with van der Waals surface area (Å²) in [6.45, 7) is 1.86. The summed E-state index contributed by atoms with van der Waals surface area (Å²) < 4.78 is 50.7. The van der Waals surface area contributed by atoms with Gasteiger partial charge in [0.05, 0.1) is 5.75 Å². The highest BCUT2D eigenvalue weighted by Crippen LogP contribution is 2.42. The molecule has 0 heterocycles. The SMILES string of the molecule is CCCC[C@H](NS(=O)(=O)CC1CC(F)(F)C1)C(=O)O. The summed E-state index contributed by atoms with van der Waals surface area (Å²) in [4.78, 5) is 10.9. The lowest BCUT2D eigenvalue weighted by Gasteiger charge is -2.34. The highest BCUT2D eigenvalue weighted by Gasteiger charge is 2.46. The zero-order chi connectivity index (χ0) is 14.7. The molecule has 8 heteroatoms. The molecular weight excluding hydrogens is 280 g/mol. The highest BCUT2D eigenvalue weighted by molar-refractivity contribution is 7.89. The molecule has 0 aliphatic heterocycles. The summed E-state index contributed by atoms with van der Waals surface area (Å²) in [5, 5.41) is 8.90. The van der Waals surface area contributed by atoms with E-state index in [-0.39, 0.29) is 6.42 Å². The number of nitrogens with one attached hydrogen (secondary N) is 1. The first kappa shape index (κ1) is 16.3. The highest BCUT2D eigenvalue weighted by atomic mass is 32.2. The number of carboxylic acid groups (broad SMARTS) is 1. The quantitative estimate of drug-likeness (QED) is 0.713. The first-order valence-electron chi connectivity index (χ1n) is 6.26. The number of aliphatic carboxylic acids is 1. The van der Waals surface area contributed by atoms with E-state index in [2.05, 4.69) is 4.72 Å². The van der Waals surface area contributed by atoms with Gasteiger partial charge in [0.2, 0.25) is 15.9 Å². The van der Waals surface area contributed by atoms with Gasteiger partial charge >= 0.3 is 5.97 Å². The lowest BCUT2D eigenvalue weighted by molar-refractivity contribution is -0.139. The number of halogens is 2. The summed E-state index contributed by atoms with van der Waals surface area (Å²) in [5.41, 5.74) is 0. The number of hydrogen-bond donors (Lipinski definition) is 2. The van der Waals surface area contributed by atoms with Gasteiger partial charge in [0.15, 0.2) is 0 Å². The van der Waals surface area contributed by atoms with Crippen LogP contribution in [-0.2, 0) is 14.8 Å². The second kappa shape index (κ2) is 6.13. The van der Waals surface area contributed by atoms with Crippen molar-refractivity contribution in [2.24, 2.45) is 5.92 Å². The minimum atomic E-state index is -3.83. The van der Waals surface area contributed by atoms with Gasteiger partial charge in [0.1, 0.15) is 6.04 Å². The van der Waals surface area contributed by atoms with Crippen LogP contribution in [0.1, 0.15) is 39.0 Å². The smallest absolute Gasteiger partial charge is 0.321 e. The Labute approximate surface area is 111 Å². The molecule has 1 aliphatic carbocycles. The minimum Gasteiger partial charge on any atom is -0.480 e. The molecule has 0 radical (unpaired) electrons. The first-order valence-corrected chi connectivity index (χ1v) is 7.91. The summed E-state index contributed by atoms with van der Waals surface area (Å²) >= 11 is 0. The maximum absolute atomic E-state index is 12.6. The van der Waals surface area contributed by atoms with Crippen LogP contribution in [0.15, 0.2) is 0 Å². The molecule has 5 nitrogen and oxygen atoms in total. The second-order valence-electron chi connectivity index (χ2n) is 5.06. The fourth-order valence-electron chi connectivity index (χ4n) is 2.12. The molecule has 1 rings (SSSR count). The summed E-state index contributed by atoms with van der Waals surface area (Å²) in [5.74, 6) is -5.03. The van der Waals surface area contributed by atoms with Crippen LogP contribution in [0.25, 0.3) is 0 Å². The van der Waals surface area contributed by atoms with E-state index in [1.807, 2.05) is 6.92 Å². The Morgan fingerprint density at radius 1 is 1.47 bits per heavy atom. The number of carboxylic acids is 1. The number of rotatable bonds is 8. The van der Waals surface area contributed by atoms with Crippen molar-refractivity contribution >= 4 is 16.0 Å². The molecule has 0 spiro atoms. The molecule has 19 heavy (non-hydrogen) atoms. The van der Waals surface area contributed by atoms with E-state index in [0.717, 1.165) is 6.42 Å². The van der Waals surface area contributed by atoms with Crippen molar-refractivity contribution in [3.05, 3.63) is 0 Å². The van der Waals surface area contributed by atoms with Crippen molar-refractivity contribution in [1.82, 2.24) is 4.72 Å². The van der Waals surface area contributed by atoms with E-state index in [1.54, 1.807) is 0 Å². The number of hydrogen-bond acceptors (Lipinski definition) is 3. The molecule has 0 aromatic heterocycles. The van der Waals surface area contributed by atoms with Gasteiger partial charge in [0.25, 0.3) is 0 Å². The van der Waals surface area contributed by atoms with Crippen molar-refractivity contribution in [1.29, 1.82) is 0 Å². The van der Waals surface area contributed by atoms with Gasteiger partial charge in [0, 0.05) is 12.8 Å². The van der Waals surface area contributed by atoms with Crippen LogP contribution in [-0.4, -0.2) is 37.2 Å². The van der Waals surface area contributed by atoms with E-state index in [1.165, 1.54) is 0 Å². The van der Waals surface area contributed by atoms with Crippen LogP contribution in [0, 0.1) is 5.92 Å². The monoisotopic (exact) mass is 299 g/mol. The third kappa shape index (κ3) is 5.40. The second-order valence-corrected chi connectivity index (χ2v) is 6.86. The molecule has 0 bridgehead atoms. The van der Waals surface area contributed by atoms with Gasteiger partial charge in [-0.3, -0.25) is 4.79 Å². The first-order chi connectivity index (χ1) is 8.65. The van der Waals surface area contributed by atoms with Gasteiger partial charge in [-0.15, -0.1) is 0 Å². The van der Waals surface area contributed by atoms with Crippen molar-refractivity contribution in [2.45, 2.75) is 51.0 Å². The predicted octanol–water partition coefficient (Wildman–Crippen LogP) is 1.59. The largest absolute Gasteiger partial charge is 0.480 e. The lowest BCUT2D eigenvalue weighted by Crippen LogP contribution is -2.46.